The van der Waals surface area contributed by atoms with Crippen molar-refractivity contribution in [2.75, 3.05) is 26.0 Å². The summed E-state index contributed by atoms with van der Waals surface area (Å²) in [7, 11) is 2.67. The molecule has 33 heavy (non-hydrogen) atoms. The van der Waals surface area contributed by atoms with Crippen LogP contribution >= 0.6 is 0 Å². The summed E-state index contributed by atoms with van der Waals surface area (Å²) in [6.45, 7) is 9.21. The number of likely N-dealkylation sites (N-methyl/N-ethyl adjacent to an activating group) is 1. The zero-order valence-corrected chi connectivity index (χ0v) is 20.1. The second kappa shape index (κ2) is 10.9. The number of nitrogens with zero attached hydrogens (tertiary/aromatic N) is 1. The number of aliphatic hydroxyl groups is 1. The molecule has 1 aromatic heterocycles. The molecule has 3 amide bonds. The molecule has 0 saturated heterocycles. The number of amides is 3. The topological polar surface area (TPSA) is 124 Å². The van der Waals surface area contributed by atoms with Gasteiger partial charge >= 0.3 is 0 Å². The van der Waals surface area contributed by atoms with Gasteiger partial charge in [0.25, 0.3) is 17.7 Å². The number of hydrogen-bond donors (Lipinski definition) is 4. The molecular formula is C24H32N4O5. The lowest BCUT2D eigenvalue weighted by molar-refractivity contribution is -0.177. The molecule has 3 rings (SSSR count). The number of rotatable bonds is 6. The summed E-state index contributed by atoms with van der Waals surface area (Å²) in [5, 5.41) is 16.2. The first-order valence-electron chi connectivity index (χ1n) is 10.7. The molecule has 0 bridgehead atoms. The number of anilines is 1. The van der Waals surface area contributed by atoms with Crippen molar-refractivity contribution in [3.05, 3.63) is 51.8 Å². The Balaban J connectivity index is 0.00000187. The zero-order chi connectivity index (χ0) is 24.9. The number of aliphatic hydroxyl groups excluding tert-OH is 1. The summed E-state index contributed by atoms with van der Waals surface area (Å²) in [6.07, 6.45) is 0.294. The molecule has 0 radical (unpaired) electrons. The van der Waals surface area contributed by atoms with E-state index < -0.39 is 17.9 Å². The van der Waals surface area contributed by atoms with Crippen LogP contribution in [0.15, 0.2) is 18.2 Å². The summed E-state index contributed by atoms with van der Waals surface area (Å²) < 4.78 is 0. The largest absolute Gasteiger partial charge is 0.381 e. The number of fused-ring (bicyclic) bond motifs is 1. The molecule has 178 valence electrons. The molecule has 2 aromatic rings. The molecule has 1 unspecified atom stereocenters. The molecule has 0 aliphatic carbocycles. The molecule has 9 nitrogen and oxygen atoms in total. The molecule has 2 heterocycles. The highest BCUT2D eigenvalue weighted by molar-refractivity contribution is 6.35. The van der Waals surface area contributed by atoms with Crippen molar-refractivity contribution in [2.24, 2.45) is 0 Å². The Kier molecular flexibility index (Phi) is 8.56. The predicted octanol–water partition coefficient (Wildman–Crippen LogP) is 2.57. The Morgan fingerprint density at radius 1 is 1.24 bits per heavy atom. The van der Waals surface area contributed by atoms with E-state index in [0.717, 1.165) is 21.9 Å². The molecule has 1 aliphatic heterocycles. The van der Waals surface area contributed by atoms with Gasteiger partial charge in [0, 0.05) is 29.7 Å². The maximum atomic E-state index is 12.7. The molecule has 4 N–H and O–H groups in total. The molecule has 0 spiro atoms. The van der Waals surface area contributed by atoms with Crippen molar-refractivity contribution in [1.82, 2.24) is 15.4 Å². The Morgan fingerprint density at radius 3 is 2.55 bits per heavy atom. The van der Waals surface area contributed by atoms with Gasteiger partial charge in [-0.3, -0.25) is 19.2 Å². The number of benzene rings is 1. The van der Waals surface area contributed by atoms with Gasteiger partial charge in [0.2, 0.25) is 0 Å². The number of carbonyl (C=O) groups is 3. The van der Waals surface area contributed by atoms with Gasteiger partial charge in [-0.25, -0.2) is 5.06 Å². The van der Waals surface area contributed by atoms with Crippen LogP contribution in [0.25, 0.3) is 11.6 Å². The Bertz CT molecular complexity index is 1090. The summed E-state index contributed by atoms with van der Waals surface area (Å²) >= 11 is 0. The third-order valence-corrected chi connectivity index (χ3v) is 5.28. The van der Waals surface area contributed by atoms with Crippen LogP contribution in [-0.4, -0.2) is 59.7 Å². The van der Waals surface area contributed by atoms with Gasteiger partial charge in [0.1, 0.15) is 0 Å². The number of aromatic nitrogens is 1. The normalized spacial score (nSPS) is 14.2. The van der Waals surface area contributed by atoms with Crippen LogP contribution < -0.4 is 10.6 Å². The molecule has 0 saturated carbocycles. The number of nitrogens with one attached hydrogen (secondary N) is 3. The van der Waals surface area contributed by atoms with E-state index in [1.54, 1.807) is 19.9 Å². The van der Waals surface area contributed by atoms with Crippen LogP contribution in [0.2, 0.25) is 0 Å². The second-order valence-corrected chi connectivity index (χ2v) is 7.47. The van der Waals surface area contributed by atoms with Gasteiger partial charge in [0.15, 0.2) is 6.10 Å². The fourth-order valence-corrected chi connectivity index (χ4v) is 3.51. The lowest BCUT2D eigenvalue weighted by Crippen LogP contribution is -2.43. The summed E-state index contributed by atoms with van der Waals surface area (Å²) in [5.74, 6) is -1.31. The van der Waals surface area contributed by atoms with Crippen LogP contribution in [0.4, 0.5) is 5.69 Å². The Labute approximate surface area is 193 Å². The third kappa shape index (κ3) is 5.50. The minimum Gasteiger partial charge on any atom is -0.381 e. The van der Waals surface area contributed by atoms with Crippen molar-refractivity contribution >= 4 is 35.1 Å². The van der Waals surface area contributed by atoms with E-state index in [9.17, 15) is 19.5 Å². The Morgan fingerprint density at radius 2 is 1.91 bits per heavy atom. The van der Waals surface area contributed by atoms with Gasteiger partial charge in [-0.15, -0.1) is 0 Å². The van der Waals surface area contributed by atoms with E-state index in [0.29, 0.717) is 28.1 Å². The Hall–Kier alpha value is -3.43. The number of hydrogen-bond acceptors (Lipinski definition) is 5. The van der Waals surface area contributed by atoms with Gasteiger partial charge in [-0.1, -0.05) is 25.5 Å². The lowest BCUT2D eigenvalue weighted by Gasteiger charge is -2.18. The summed E-state index contributed by atoms with van der Waals surface area (Å²) in [5.41, 5.74) is 5.41. The molecular weight excluding hydrogens is 424 g/mol. The minimum absolute atomic E-state index is 0.206. The van der Waals surface area contributed by atoms with Crippen LogP contribution in [-0.2, 0) is 14.4 Å². The van der Waals surface area contributed by atoms with E-state index in [1.165, 1.54) is 14.2 Å². The number of H-pyrrole nitrogens is 1. The van der Waals surface area contributed by atoms with Gasteiger partial charge < -0.3 is 20.7 Å². The molecule has 1 aromatic carbocycles. The first-order chi connectivity index (χ1) is 15.6. The van der Waals surface area contributed by atoms with E-state index in [2.05, 4.69) is 15.6 Å². The summed E-state index contributed by atoms with van der Waals surface area (Å²) in [6, 6.07) is 5.73. The third-order valence-electron chi connectivity index (χ3n) is 5.28. The van der Waals surface area contributed by atoms with Crippen molar-refractivity contribution in [3.63, 3.8) is 0 Å². The highest BCUT2D eigenvalue weighted by atomic mass is 16.7. The van der Waals surface area contributed by atoms with Crippen molar-refractivity contribution in [3.8, 4) is 0 Å². The van der Waals surface area contributed by atoms with Crippen LogP contribution in [0.1, 0.15) is 52.3 Å². The molecule has 0 fully saturated rings. The average molecular weight is 457 g/mol. The van der Waals surface area contributed by atoms with E-state index in [4.69, 9.17) is 4.84 Å². The van der Waals surface area contributed by atoms with E-state index in [1.807, 2.05) is 39.0 Å². The number of hydroxylamine groups is 2. The quantitative estimate of drug-likeness (QED) is 0.393. The maximum absolute atomic E-state index is 12.7. The number of aromatic amines is 1. The summed E-state index contributed by atoms with van der Waals surface area (Å²) in [4.78, 5) is 44.9. The van der Waals surface area contributed by atoms with E-state index in [-0.39, 0.29) is 12.5 Å². The second-order valence-electron chi connectivity index (χ2n) is 7.47. The van der Waals surface area contributed by atoms with E-state index >= 15 is 0 Å². The minimum atomic E-state index is -1.43. The van der Waals surface area contributed by atoms with Crippen LogP contribution in [0, 0.1) is 20.8 Å². The monoisotopic (exact) mass is 456 g/mol. The highest BCUT2D eigenvalue weighted by Crippen LogP contribution is 2.34. The SMILES string of the molecule is CC.CON(C)C(=O)C(O)CNC(=O)c1c(C)[nH]c(/C=C2\C(=O)Nc3ccc(C)cc32)c1C. The number of carbonyl (C=O) groups excluding carboxylic acids is 3. The molecule has 1 aliphatic rings. The lowest BCUT2D eigenvalue weighted by atomic mass is 10.0. The first-order valence-corrected chi connectivity index (χ1v) is 10.7. The predicted molar refractivity (Wildman–Crippen MR) is 127 cm³/mol. The van der Waals surface area contributed by atoms with Crippen molar-refractivity contribution in [2.45, 2.75) is 40.7 Å². The van der Waals surface area contributed by atoms with Gasteiger partial charge in [-0.05, 0) is 44.5 Å². The number of aryl methyl sites for hydroxylation is 2. The fraction of sp³-hybridized carbons (Fsp3) is 0.375. The molecule has 9 heteroatoms. The zero-order valence-electron chi connectivity index (χ0n) is 20.1. The van der Waals surface area contributed by atoms with Crippen molar-refractivity contribution < 1.29 is 24.3 Å². The highest BCUT2D eigenvalue weighted by Gasteiger charge is 2.26. The fourth-order valence-electron chi connectivity index (χ4n) is 3.51. The van der Waals surface area contributed by atoms with Gasteiger partial charge in [-0.2, -0.15) is 0 Å². The average Bonchev–Trinajstić information content (AvgIpc) is 3.26. The first kappa shape index (κ1) is 25.8. The van der Waals surface area contributed by atoms with Crippen LogP contribution in [0.5, 0.6) is 0 Å². The smallest absolute Gasteiger partial charge is 0.276 e. The van der Waals surface area contributed by atoms with Gasteiger partial charge in [0.05, 0.1) is 24.8 Å². The van der Waals surface area contributed by atoms with Crippen molar-refractivity contribution in [1.29, 1.82) is 0 Å². The van der Waals surface area contributed by atoms with Crippen LogP contribution in [0.3, 0.4) is 0 Å². The molecule has 1 atom stereocenters. The maximum Gasteiger partial charge on any atom is 0.276 e. The standard InChI is InChI=1S/C22H26N4O5.C2H6/c1-11-6-7-16-14(8-11)15(20(28)25-16)9-17-12(2)19(13(3)24-17)21(29)23-10-18(27)22(30)26(4)31-5;1-2/h6-9,18,24,27H,10H2,1-5H3,(H,23,29)(H,25,28);1-2H3/b15-9-;.